The van der Waals surface area contributed by atoms with Gasteiger partial charge in [-0.05, 0) is 19.1 Å². The molecule has 17 heavy (non-hydrogen) atoms. The summed E-state index contributed by atoms with van der Waals surface area (Å²) in [7, 11) is 3.14. The zero-order chi connectivity index (χ0) is 12.4. The van der Waals surface area contributed by atoms with Crippen molar-refractivity contribution in [3.8, 4) is 11.5 Å². The van der Waals surface area contributed by atoms with Crippen LogP contribution in [0, 0.1) is 0 Å². The number of carbonyl (C=O) groups excluding carboxylic acids is 1. The molecule has 1 fully saturated rings. The molecular weight excluding hydrogens is 222 g/mol. The Kier molecular flexibility index (Phi) is 3.19. The Morgan fingerprint density at radius 1 is 1.24 bits per heavy atom. The first-order valence-corrected chi connectivity index (χ1v) is 5.34. The molecule has 0 spiro atoms. The Labute approximate surface area is 99.7 Å². The van der Waals surface area contributed by atoms with Gasteiger partial charge in [-0.3, -0.25) is 4.79 Å². The highest BCUT2D eigenvalue weighted by molar-refractivity contribution is 5.82. The first kappa shape index (κ1) is 11.7. The van der Waals surface area contributed by atoms with Crippen molar-refractivity contribution in [2.75, 3.05) is 14.2 Å². The molecular formula is C12H15NO4. The van der Waals surface area contributed by atoms with Gasteiger partial charge in [0, 0.05) is 0 Å². The number of ether oxygens (including phenoxy) is 3. The molecule has 0 radical (unpaired) electrons. The summed E-state index contributed by atoms with van der Waals surface area (Å²) in [6.45, 7) is 1.71. The summed E-state index contributed by atoms with van der Waals surface area (Å²) in [5.41, 5.74) is 0.704. The van der Waals surface area contributed by atoms with E-state index in [0.717, 1.165) is 0 Å². The molecule has 1 saturated heterocycles. The molecule has 2 atom stereocenters. The lowest BCUT2D eigenvalue weighted by Gasteiger charge is -2.17. The van der Waals surface area contributed by atoms with Crippen molar-refractivity contribution in [1.29, 1.82) is 0 Å². The lowest BCUT2D eigenvalue weighted by atomic mass is 10.1. The Balaban J connectivity index is 2.40. The number of hydrogen-bond donors (Lipinski definition) is 1. The topological polar surface area (TPSA) is 56.8 Å². The lowest BCUT2D eigenvalue weighted by Crippen LogP contribution is -2.22. The normalized spacial score (nSPS) is 23.4. The molecule has 1 amide bonds. The molecule has 1 heterocycles. The first-order chi connectivity index (χ1) is 8.17. The van der Waals surface area contributed by atoms with E-state index in [4.69, 9.17) is 14.2 Å². The number of methoxy groups -OCH3 is 2. The molecule has 0 aliphatic carbocycles. The van der Waals surface area contributed by atoms with E-state index in [-0.39, 0.29) is 5.91 Å². The number of rotatable bonds is 3. The zero-order valence-electron chi connectivity index (χ0n) is 10.0. The third-order valence-electron chi connectivity index (χ3n) is 2.71. The van der Waals surface area contributed by atoms with E-state index >= 15 is 0 Å². The molecule has 1 aliphatic rings. The largest absolute Gasteiger partial charge is 0.496 e. The molecule has 0 saturated carbocycles. The van der Waals surface area contributed by atoms with Crippen LogP contribution in [-0.2, 0) is 9.53 Å². The molecule has 1 aromatic carbocycles. The van der Waals surface area contributed by atoms with Crippen molar-refractivity contribution < 1.29 is 19.0 Å². The number of carbonyl (C=O) groups is 1. The van der Waals surface area contributed by atoms with Crippen LogP contribution in [0.1, 0.15) is 18.7 Å². The van der Waals surface area contributed by atoms with E-state index < -0.39 is 12.3 Å². The van der Waals surface area contributed by atoms with Crippen molar-refractivity contribution in [3.63, 3.8) is 0 Å². The second-order valence-electron chi connectivity index (χ2n) is 3.74. The molecule has 1 N–H and O–H groups in total. The van der Waals surface area contributed by atoms with Gasteiger partial charge >= 0.3 is 0 Å². The maximum atomic E-state index is 11.4. The SMILES string of the molecule is COc1cccc(OC)c1[C@H]1NC(=O)[C@@H](C)O1. The summed E-state index contributed by atoms with van der Waals surface area (Å²) < 4.78 is 16.0. The molecule has 5 heteroatoms. The predicted octanol–water partition coefficient (Wildman–Crippen LogP) is 1.24. The summed E-state index contributed by atoms with van der Waals surface area (Å²) in [6.07, 6.45) is -0.988. The fraction of sp³-hybridized carbons (Fsp3) is 0.417. The van der Waals surface area contributed by atoms with Crippen molar-refractivity contribution in [1.82, 2.24) is 5.32 Å². The number of nitrogens with one attached hydrogen (secondary N) is 1. The number of hydrogen-bond acceptors (Lipinski definition) is 4. The maximum absolute atomic E-state index is 11.4. The zero-order valence-corrected chi connectivity index (χ0v) is 10.0. The van der Waals surface area contributed by atoms with Crippen molar-refractivity contribution in [2.24, 2.45) is 0 Å². The highest BCUT2D eigenvalue weighted by Crippen LogP contribution is 2.36. The molecule has 0 unspecified atom stereocenters. The predicted molar refractivity (Wildman–Crippen MR) is 61.0 cm³/mol. The summed E-state index contributed by atoms with van der Waals surface area (Å²) in [6, 6.07) is 5.42. The second-order valence-corrected chi connectivity index (χ2v) is 3.74. The van der Waals surface area contributed by atoms with Crippen LogP contribution in [0.4, 0.5) is 0 Å². The number of benzene rings is 1. The van der Waals surface area contributed by atoms with Gasteiger partial charge in [-0.15, -0.1) is 0 Å². The Hall–Kier alpha value is -1.75. The third-order valence-corrected chi connectivity index (χ3v) is 2.71. The van der Waals surface area contributed by atoms with Crippen LogP contribution in [-0.4, -0.2) is 26.2 Å². The Bertz CT molecular complexity index is 410. The van der Waals surface area contributed by atoms with Gasteiger partial charge in [0.25, 0.3) is 5.91 Å². The van der Waals surface area contributed by atoms with Crippen LogP contribution in [0.3, 0.4) is 0 Å². The van der Waals surface area contributed by atoms with Crippen LogP contribution >= 0.6 is 0 Å². The third kappa shape index (κ3) is 2.06. The van der Waals surface area contributed by atoms with Crippen molar-refractivity contribution in [3.05, 3.63) is 23.8 Å². The van der Waals surface area contributed by atoms with Crippen LogP contribution in [0.15, 0.2) is 18.2 Å². The van der Waals surface area contributed by atoms with Gasteiger partial charge in [0.2, 0.25) is 0 Å². The van der Waals surface area contributed by atoms with Crippen molar-refractivity contribution in [2.45, 2.75) is 19.3 Å². The minimum atomic E-state index is -0.524. The summed E-state index contributed by atoms with van der Waals surface area (Å²) >= 11 is 0. The minimum absolute atomic E-state index is 0.136. The van der Waals surface area contributed by atoms with Gasteiger partial charge in [0.15, 0.2) is 6.23 Å². The van der Waals surface area contributed by atoms with E-state index in [1.165, 1.54) is 0 Å². The van der Waals surface area contributed by atoms with Crippen LogP contribution in [0.5, 0.6) is 11.5 Å². The van der Waals surface area contributed by atoms with Crippen LogP contribution in [0.25, 0.3) is 0 Å². The first-order valence-electron chi connectivity index (χ1n) is 5.34. The quantitative estimate of drug-likeness (QED) is 0.859. The molecule has 92 valence electrons. The highest BCUT2D eigenvalue weighted by atomic mass is 16.5. The van der Waals surface area contributed by atoms with Gasteiger partial charge < -0.3 is 19.5 Å². The molecule has 2 rings (SSSR count). The monoisotopic (exact) mass is 237 g/mol. The lowest BCUT2D eigenvalue weighted by molar-refractivity contribution is -0.122. The fourth-order valence-electron chi connectivity index (χ4n) is 1.83. The number of amides is 1. The Morgan fingerprint density at radius 3 is 2.24 bits per heavy atom. The van der Waals surface area contributed by atoms with Crippen LogP contribution in [0.2, 0.25) is 0 Å². The average molecular weight is 237 g/mol. The van der Waals surface area contributed by atoms with Gasteiger partial charge in [0.1, 0.15) is 17.6 Å². The molecule has 5 nitrogen and oxygen atoms in total. The van der Waals surface area contributed by atoms with E-state index in [2.05, 4.69) is 5.32 Å². The van der Waals surface area contributed by atoms with Gasteiger partial charge in [-0.2, -0.15) is 0 Å². The standard InChI is InChI=1S/C12H15NO4/c1-7-11(14)13-12(17-7)10-8(15-2)5-4-6-9(10)16-3/h4-7,12H,1-3H3,(H,13,14)/t7-,12+/m1/s1. The van der Waals surface area contributed by atoms with Crippen molar-refractivity contribution >= 4 is 5.91 Å². The van der Waals surface area contributed by atoms with Gasteiger partial charge in [0.05, 0.1) is 19.8 Å². The van der Waals surface area contributed by atoms with Crippen LogP contribution < -0.4 is 14.8 Å². The minimum Gasteiger partial charge on any atom is -0.496 e. The van der Waals surface area contributed by atoms with E-state index in [0.29, 0.717) is 17.1 Å². The fourth-order valence-corrected chi connectivity index (χ4v) is 1.83. The van der Waals surface area contributed by atoms with E-state index in [1.807, 2.05) is 6.07 Å². The summed E-state index contributed by atoms with van der Waals surface area (Å²) in [4.78, 5) is 11.4. The summed E-state index contributed by atoms with van der Waals surface area (Å²) in [5.74, 6) is 1.12. The molecule has 1 aliphatic heterocycles. The van der Waals surface area contributed by atoms with Gasteiger partial charge in [-0.25, -0.2) is 0 Å². The van der Waals surface area contributed by atoms with E-state index in [1.54, 1.807) is 33.3 Å². The molecule has 0 aromatic heterocycles. The van der Waals surface area contributed by atoms with Gasteiger partial charge in [-0.1, -0.05) is 6.07 Å². The molecule has 0 bridgehead atoms. The smallest absolute Gasteiger partial charge is 0.251 e. The maximum Gasteiger partial charge on any atom is 0.251 e. The Morgan fingerprint density at radius 2 is 1.82 bits per heavy atom. The molecule has 1 aromatic rings. The van der Waals surface area contributed by atoms with E-state index in [9.17, 15) is 4.79 Å². The second kappa shape index (κ2) is 4.63. The highest BCUT2D eigenvalue weighted by Gasteiger charge is 2.33. The summed E-state index contributed by atoms with van der Waals surface area (Å²) in [5, 5.41) is 2.75. The average Bonchev–Trinajstić information content (AvgIpc) is 2.68.